The van der Waals surface area contributed by atoms with Crippen molar-refractivity contribution >= 4 is 11.9 Å². The molecule has 4 N–H and O–H groups in total. The zero-order chi connectivity index (χ0) is 12.8. The average Bonchev–Trinajstić information content (AvgIpc) is 2.75. The fourth-order valence-corrected chi connectivity index (χ4v) is 3.19. The minimum atomic E-state index is -0.953. The molecule has 96 valence electrons. The topological polar surface area (TPSA) is 92.4 Å². The summed E-state index contributed by atoms with van der Waals surface area (Å²) in [6.07, 6.45) is 2.91. The number of fused-ring (bicyclic) bond motifs is 2. The third-order valence-corrected chi connectivity index (χ3v) is 4.08. The first kappa shape index (κ1) is 12.4. The molecule has 2 aliphatic rings. The second-order valence-corrected chi connectivity index (χ2v) is 5.92. The van der Waals surface area contributed by atoms with E-state index in [4.69, 9.17) is 5.73 Å². The van der Waals surface area contributed by atoms with Crippen molar-refractivity contribution in [3.05, 3.63) is 0 Å². The van der Waals surface area contributed by atoms with Gasteiger partial charge in [0.1, 0.15) is 0 Å². The van der Waals surface area contributed by atoms with Crippen molar-refractivity contribution in [3.63, 3.8) is 0 Å². The number of hydrogen-bond acceptors (Lipinski definition) is 3. The van der Waals surface area contributed by atoms with Crippen LogP contribution in [0, 0.1) is 17.8 Å². The van der Waals surface area contributed by atoms with Gasteiger partial charge in [0, 0.05) is 6.04 Å². The van der Waals surface area contributed by atoms with E-state index in [0.29, 0.717) is 5.92 Å². The van der Waals surface area contributed by atoms with Crippen LogP contribution in [0.15, 0.2) is 0 Å². The average molecular weight is 240 g/mol. The van der Waals surface area contributed by atoms with E-state index in [2.05, 4.69) is 5.32 Å². The number of rotatable bonds is 3. The van der Waals surface area contributed by atoms with E-state index in [1.807, 2.05) is 0 Å². The summed E-state index contributed by atoms with van der Waals surface area (Å²) in [6.45, 7) is 3.26. The highest BCUT2D eigenvalue weighted by molar-refractivity contribution is 5.86. The van der Waals surface area contributed by atoms with Crippen LogP contribution in [0.4, 0.5) is 0 Å². The number of carboxylic acid groups (broad SMARTS) is 1. The minimum Gasteiger partial charge on any atom is -0.481 e. The molecule has 1 amide bonds. The Morgan fingerprint density at radius 2 is 1.88 bits per heavy atom. The SMILES string of the molecule is CC(C)(N)C(=O)NC1C2CCC(C2)C1C(=O)O. The van der Waals surface area contributed by atoms with Gasteiger partial charge < -0.3 is 16.2 Å². The van der Waals surface area contributed by atoms with Crippen LogP contribution in [-0.2, 0) is 9.59 Å². The van der Waals surface area contributed by atoms with E-state index in [0.717, 1.165) is 19.3 Å². The summed E-state index contributed by atoms with van der Waals surface area (Å²) in [5.74, 6) is -0.949. The van der Waals surface area contributed by atoms with Gasteiger partial charge >= 0.3 is 5.97 Å². The number of nitrogens with one attached hydrogen (secondary N) is 1. The van der Waals surface area contributed by atoms with Crippen molar-refractivity contribution in [1.82, 2.24) is 5.32 Å². The van der Waals surface area contributed by atoms with Crippen LogP contribution >= 0.6 is 0 Å². The number of amides is 1. The zero-order valence-electron chi connectivity index (χ0n) is 10.3. The molecule has 2 bridgehead atoms. The van der Waals surface area contributed by atoms with Gasteiger partial charge in [-0.15, -0.1) is 0 Å². The van der Waals surface area contributed by atoms with Gasteiger partial charge in [-0.25, -0.2) is 0 Å². The van der Waals surface area contributed by atoms with E-state index in [1.165, 1.54) is 0 Å². The lowest BCUT2D eigenvalue weighted by Crippen LogP contribution is -2.56. The molecule has 5 heteroatoms. The monoisotopic (exact) mass is 240 g/mol. The van der Waals surface area contributed by atoms with Gasteiger partial charge in [0.15, 0.2) is 0 Å². The maximum Gasteiger partial charge on any atom is 0.308 e. The van der Waals surface area contributed by atoms with Crippen LogP contribution in [0.25, 0.3) is 0 Å². The van der Waals surface area contributed by atoms with Crippen LogP contribution in [0.5, 0.6) is 0 Å². The zero-order valence-corrected chi connectivity index (χ0v) is 10.3. The Hall–Kier alpha value is -1.10. The molecule has 2 rings (SSSR count). The molecule has 2 aliphatic carbocycles. The number of nitrogens with two attached hydrogens (primary N) is 1. The second-order valence-electron chi connectivity index (χ2n) is 5.92. The Labute approximate surface area is 101 Å². The van der Waals surface area contributed by atoms with Crippen LogP contribution in [0.3, 0.4) is 0 Å². The quantitative estimate of drug-likeness (QED) is 0.663. The molecule has 0 heterocycles. The Kier molecular flexibility index (Phi) is 2.89. The number of carbonyl (C=O) groups excluding carboxylic acids is 1. The number of aliphatic carboxylic acids is 1. The third kappa shape index (κ3) is 2.16. The Balaban J connectivity index is 2.10. The van der Waals surface area contributed by atoms with E-state index in [1.54, 1.807) is 13.8 Å². The minimum absolute atomic E-state index is 0.226. The van der Waals surface area contributed by atoms with Crippen molar-refractivity contribution in [3.8, 4) is 0 Å². The summed E-state index contributed by atoms with van der Waals surface area (Å²) >= 11 is 0. The molecule has 2 saturated carbocycles. The third-order valence-electron chi connectivity index (χ3n) is 4.08. The lowest BCUT2D eigenvalue weighted by atomic mass is 9.84. The van der Waals surface area contributed by atoms with Gasteiger partial charge in [0.2, 0.25) is 5.91 Å². The first-order valence-corrected chi connectivity index (χ1v) is 6.13. The molecule has 0 radical (unpaired) electrons. The Bertz CT molecular complexity index is 348. The molecule has 0 saturated heterocycles. The normalized spacial score (nSPS) is 35.9. The summed E-state index contributed by atoms with van der Waals surface area (Å²) in [5, 5.41) is 12.1. The van der Waals surface area contributed by atoms with Gasteiger partial charge in [-0.3, -0.25) is 9.59 Å². The van der Waals surface area contributed by atoms with Crippen molar-refractivity contribution in [2.45, 2.75) is 44.7 Å². The highest BCUT2D eigenvalue weighted by atomic mass is 16.4. The molecule has 0 spiro atoms. The van der Waals surface area contributed by atoms with Gasteiger partial charge in [0.05, 0.1) is 11.5 Å². The molecule has 0 aromatic rings. The molecule has 5 nitrogen and oxygen atoms in total. The molecule has 4 unspecified atom stereocenters. The molecule has 0 aromatic heterocycles. The van der Waals surface area contributed by atoms with Crippen LogP contribution in [0.1, 0.15) is 33.1 Å². The summed E-state index contributed by atoms with van der Waals surface area (Å²) in [7, 11) is 0. The van der Waals surface area contributed by atoms with Crippen molar-refractivity contribution in [2.75, 3.05) is 0 Å². The highest BCUT2D eigenvalue weighted by Gasteiger charge is 2.52. The fourth-order valence-electron chi connectivity index (χ4n) is 3.19. The van der Waals surface area contributed by atoms with E-state index < -0.39 is 17.4 Å². The first-order chi connectivity index (χ1) is 7.80. The summed E-state index contributed by atoms with van der Waals surface area (Å²) in [6, 6.07) is -0.235. The summed E-state index contributed by atoms with van der Waals surface area (Å²) in [5.41, 5.74) is 4.76. The number of carbonyl (C=O) groups is 2. The number of carboxylic acids is 1. The summed E-state index contributed by atoms with van der Waals surface area (Å²) < 4.78 is 0. The van der Waals surface area contributed by atoms with Crippen molar-refractivity contribution in [2.24, 2.45) is 23.5 Å². The predicted octanol–water partition coefficient (Wildman–Crippen LogP) is 0.339. The molecule has 0 aliphatic heterocycles. The van der Waals surface area contributed by atoms with Crippen molar-refractivity contribution in [1.29, 1.82) is 0 Å². The van der Waals surface area contributed by atoms with Crippen LogP contribution in [0.2, 0.25) is 0 Å². The fraction of sp³-hybridized carbons (Fsp3) is 0.833. The first-order valence-electron chi connectivity index (χ1n) is 6.13. The van der Waals surface area contributed by atoms with E-state index in [9.17, 15) is 14.7 Å². The highest BCUT2D eigenvalue weighted by Crippen LogP contribution is 2.48. The Morgan fingerprint density at radius 3 is 2.41 bits per heavy atom. The molecule has 2 fully saturated rings. The summed E-state index contributed by atoms with van der Waals surface area (Å²) in [4.78, 5) is 23.1. The maximum absolute atomic E-state index is 11.8. The lowest BCUT2D eigenvalue weighted by molar-refractivity contribution is -0.145. The van der Waals surface area contributed by atoms with Crippen LogP contribution < -0.4 is 11.1 Å². The smallest absolute Gasteiger partial charge is 0.308 e. The molecule has 0 aromatic carbocycles. The molecular formula is C12H20N2O3. The van der Waals surface area contributed by atoms with E-state index in [-0.39, 0.29) is 17.9 Å². The molecule has 17 heavy (non-hydrogen) atoms. The van der Waals surface area contributed by atoms with Crippen LogP contribution in [-0.4, -0.2) is 28.6 Å². The molecule has 4 atom stereocenters. The van der Waals surface area contributed by atoms with Gasteiger partial charge in [-0.2, -0.15) is 0 Å². The van der Waals surface area contributed by atoms with Gasteiger partial charge in [0.25, 0.3) is 0 Å². The van der Waals surface area contributed by atoms with E-state index >= 15 is 0 Å². The number of hydrogen-bond donors (Lipinski definition) is 3. The predicted molar refractivity (Wildman–Crippen MR) is 62.2 cm³/mol. The standard InChI is InChI=1S/C12H20N2O3/c1-12(2,13)11(17)14-9-7-4-3-6(5-7)8(9)10(15)16/h6-9H,3-5,13H2,1-2H3,(H,14,17)(H,15,16). The lowest BCUT2D eigenvalue weighted by Gasteiger charge is -2.31. The second kappa shape index (κ2) is 3.98. The van der Waals surface area contributed by atoms with Crippen molar-refractivity contribution < 1.29 is 14.7 Å². The maximum atomic E-state index is 11.8. The largest absolute Gasteiger partial charge is 0.481 e. The van der Waals surface area contributed by atoms with Gasteiger partial charge in [-0.1, -0.05) is 0 Å². The molecular weight excluding hydrogens is 220 g/mol. The Morgan fingerprint density at radius 1 is 1.29 bits per heavy atom. The van der Waals surface area contributed by atoms with Gasteiger partial charge in [-0.05, 0) is 44.9 Å².